The number of nitrogens with one attached hydrogen (secondary N) is 1. The third-order valence-electron chi connectivity index (χ3n) is 8.23. The van der Waals surface area contributed by atoms with Gasteiger partial charge in [0.1, 0.15) is 17.1 Å². The van der Waals surface area contributed by atoms with E-state index in [0.717, 1.165) is 55.7 Å². The van der Waals surface area contributed by atoms with Gasteiger partial charge in [-0.25, -0.2) is 9.37 Å². The van der Waals surface area contributed by atoms with Crippen molar-refractivity contribution in [3.05, 3.63) is 53.3 Å². The molecule has 3 aliphatic heterocycles. The molecule has 190 valence electrons. The molecule has 4 heterocycles. The number of phenolic OH excluding ortho intramolecular Hbond substituents is 1. The van der Waals surface area contributed by atoms with Crippen LogP contribution in [0.15, 0.2) is 42.5 Å². The van der Waals surface area contributed by atoms with Crippen molar-refractivity contribution in [1.29, 1.82) is 0 Å². The summed E-state index contributed by atoms with van der Waals surface area (Å²) in [6.45, 7) is 4.28. The molecule has 0 aliphatic carbocycles. The second-order valence-electron chi connectivity index (χ2n) is 10.8. The van der Waals surface area contributed by atoms with Crippen LogP contribution < -0.4 is 15.1 Å². The van der Waals surface area contributed by atoms with Crippen LogP contribution >= 0.6 is 11.6 Å². The van der Waals surface area contributed by atoms with Crippen LogP contribution in [0.4, 0.5) is 16.2 Å². The summed E-state index contributed by atoms with van der Waals surface area (Å²) in [5.41, 5.74) is 1.18. The highest BCUT2D eigenvalue weighted by Crippen LogP contribution is 2.44. The van der Waals surface area contributed by atoms with Crippen LogP contribution in [-0.2, 0) is 0 Å². The van der Waals surface area contributed by atoms with Gasteiger partial charge in [0.15, 0.2) is 5.82 Å². The van der Waals surface area contributed by atoms with E-state index in [9.17, 15) is 5.11 Å². The number of anilines is 2. The zero-order chi connectivity index (χ0) is 25.5. The van der Waals surface area contributed by atoms with E-state index in [1.165, 1.54) is 0 Å². The quantitative estimate of drug-likeness (QED) is 0.418. The lowest BCUT2D eigenvalue weighted by Gasteiger charge is -2.57. The highest BCUT2D eigenvalue weighted by Gasteiger charge is 2.48. The van der Waals surface area contributed by atoms with Gasteiger partial charge in [0.2, 0.25) is 5.95 Å². The highest BCUT2D eigenvalue weighted by molar-refractivity contribution is 6.35. The molecule has 1 spiro atoms. The molecule has 0 unspecified atom stereocenters. The fourth-order valence-electron chi connectivity index (χ4n) is 5.83. The minimum Gasteiger partial charge on any atom is -0.508 e. The minimum atomic E-state index is -0.496. The molecular formula is C28H28ClFN6O. The SMILES string of the molecule is CN(C)C1CN(c2nc(N3CC4(CCN4)C3)c3cc(Cl)c(-c4cc(O)cc5ccccc45)c(F)c3n2)C1. The first-order valence-corrected chi connectivity index (χ1v) is 13.0. The largest absolute Gasteiger partial charge is 0.508 e. The number of fused-ring (bicyclic) bond motifs is 2. The van der Waals surface area contributed by atoms with Crippen LogP contribution in [0.25, 0.3) is 32.8 Å². The van der Waals surface area contributed by atoms with Gasteiger partial charge < -0.3 is 25.1 Å². The molecular weight excluding hydrogens is 491 g/mol. The summed E-state index contributed by atoms with van der Waals surface area (Å²) in [5.74, 6) is 0.823. The normalized spacial score (nSPS) is 18.9. The van der Waals surface area contributed by atoms with E-state index in [0.29, 0.717) is 22.9 Å². The maximum atomic E-state index is 16.5. The van der Waals surface area contributed by atoms with E-state index < -0.39 is 5.82 Å². The first kappa shape index (κ1) is 23.0. The molecule has 3 fully saturated rings. The minimum absolute atomic E-state index is 0.0579. The molecule has 0 bridgehead atoms. The molecule has 0 atom stereocenters. The molecule has 9 heteroatoms. The van der Waals surface area contributed by atoms with Gasteiger partial charge in [-0.1, -0.05) is 35.9 Å². The predicted molar refractivity (Wildman–Crippen MR) is 146 cm³/mol. The fourth-order valence-corrected chi connectivity index (χ4v) is 6.12. The summed E-state index contributed by atoms with van der Waals surface area (Å²) in [6, 6.07) is 13.0. The highest BCUT2D eigenvalue weighted by atomic mass is 35.5. The van der Waals surface area contributed by atoms with Gasteiger partial charge in [-0.2, -0.15) is 4.98 Å². The van der Waals surface area contributed by atoms with Gasteiger partial charge >= 0.3 is 0 Å². The number of benzene rings is 3. The van der Waals surface area contributed by atoms with Crippen molar-refractivity contribution >= 4 is 45.0 Å². The molecule has 7 rings (SSSR count). The van der Waals surface area contributed by atoms with E-state index in [1.54, 1.807) is 18.2 Å². The van der Waals surface area contributed by atoms with Crippen molar-refractivity contribution in [2.45, 2.75) is 18.0 Å². The number of aromatic nitrogens is 2. The van der Waals surface area contributed by atoms with Crippen molar-refractivity contribution in [2.24, 2.45) is 0 Å². The summed E-state index contributed by atoms with van der Waals surface area (Å²) in [5, 5.41) is 16.5. The Labute approximate surface area is 219 Å². The third kappa shape index (κ3) is 3.54. The molecule has 0 radical (unpaired) electrons. The zero-order valence-electron chi connectivity index (χ0n) is 20.8. The van der Waals surface area contributed by atoms with Crippen LogP contribution in [0.1, 0.15) is 6.42 Å². The van der Waals surface area contributed by atoms with Crippen molar-refractivity contribution in [3.8, 4) is 16.9 Å². The number of nitrogens with zero attached hydrogens (tertiary/aromatic N) is 5. The van der Waals surface area contributed by atoms with Crippen molar-refractivity contribution in [2.75, 3.05) is 56.6 Å². The van der Waals surface area contributed by atoms with Crippen LogP contribution in [0, 0.1) is 5.82 Å². The van der Waals surface area contributed by atoms with E-state index >= 15 is 4.39 Å². The number of likely N-dealkylation sites (N-methyl/N-ethyl adjacent to an activating group) is 1. The Kier molecular flexibility index (Phi) is 5.06. The van der Waals surface area contributed by atoms with Crippen LogP contribution in [0.2, 0.25) is 5.02 Å². The lowest BCUT2D eigenvalue weighted by Crippen LogP contribution is -2.76. The smallest absolute Gasteiger partial charge is 0.228 e. The Balaban J connectivity index is 1.41. The average Bonchev–Trinajstić information content (AvgIpc) is 2.76. The lowest BCUT2D eigenvalue weighted by molar-refractivity contribution is 0.159. The molecule has 3 saturated heterocycles. The van der Waals surface area contributed by atoms with Gasteiger partial charge in [0.05, 0.1) is 10.6 Å². The molecule has 7 nitrogen and oxygen atoms in total. The van der Waals surface area contributed by atoms with Crippen molar-refractivity contribution in [3.63, 3.8) is 0 Å². The second-order valence-corrected chi connectivity index (χ2v) is 11.2. The summed E-state index contributed by atoms with van der Waals surface area (Å²) < 4.78 is 16.5. The van der Waals surface area contributed by atoms with E-state index in [-0.39, 0.29) is 27.4 Å². The van der Waals surface area contributed by atoms with Gasteiger partial charge in [-0.3, -0.25) is 0 Å². The summed E-state index contributed by atoms with van der Waals surface area (Å²) in [6.07, 6.45) is 1.14. The third-order valence-corrected chi connectivity index (χ3v) is 8.53. The molecule has 0 amide bonds. The monoisotopic (exact) mass is 518 g/mol. The Hall–Kier alpha value is -3.20. The van der Waals surface area contributed by atoms with Gasteiger partial charge in [0, 0.05) is 43.2 Å². The first-order chi connectivity index (χ1) is 17.8. The molecule has 4 aromatic rings. The summed E-state index contributed by atoms with van der Waals surface area (Å²) in [7, 11) is 4.13. The maximum Gasteiger partial charge on any atom is 0.228 e. The Morgan fingerprint density at radius 1 is 1.08 bits per heavy atom. The average molecular weight is 519 g/mol. The standard InChI is InChI=1S/C28H28ClFN6O/c1-34(2)17-12-35(13-17)27-32-25-21(26(33-27)36-14-28(15-36)7-8-31-28)11-22(29)23(24(25)30)20-10-18(37)9-16-5-3-4-6-19(16)20/h3-6,9-11,17,31,37H,7-8,12-15H2,1-2H3. The van der Waals surface area contributed by atoms with E-state index in [2.05, 4.69) is 34.1 Å². The molecule has 3 aromatic carbocycles. The number of rotatable bonds is 4. The molecule has 1 aromatic heterocycles. The summed E-state index contributed by atoms with van der Waals surface area (Å²) in [4.78, 5) is 16.2. The summed E-state index contributed by atoms with van der Waals surface area (Å²) >= 11 is 6.80. The van der Waals surface area contributed by atoms with E-state index in [1.807, 2.05) is 24.3 Å². The predicted octanol–water partition coefficient (Wildman–Crippen LogP) is 4.25. The Morgan fingerprint density at radius 3 is 2.54 bits per heavy atom. The first-order valence-electron chi connectivity index (χ1n) is 12.7. The van der Waals surface area contributed by atoms with Crippen LogP contribution in [0.5, 0.6) is 5.75 Å². The zero-order valence-corrected chi connectivity index (χ0v) is 21.6. The van der Waals surface area contributed by atoms with E-state index in [4.69, 9.17) is 21.6 Å². The van der Waals surface area contributed by atoms with Crippen molar-refractivity contribution in [1.82, 2.24) is 20.2 Å². The Bertz CT molecular complexity index is 1560. The number of halogens is 2. The topological polar surface area (TPSA) is 67.8 Å². The van der Waals surface area contributed by atoms with Crippen LogP contribution in [0.3, 0.4) is 0 Å². The van der Waals surface area contributed by atoms with Crippen LogP contribution in [-0.4, -0.2) is 78.4 Å². The lowest BCUT2D eigenvalue weighted by atomic mass is 9.80. The van der Waals surface area contributed by atoms with Crippen molar-refractivity contribution < 1.29 is 9.50 Å². The fraction of sp³-hybridized carbons (Fsp3) is 0.357. The number of aromatic hydroxyl groups is 1. The number of phenols is 1. The molecule has 0 saturated carbocycles. The van der Waals surface area contributed by atoms with Gasteiger partial charge in [-0.05, 0) is 61.6 Å². The maximum absolute atomic E-state index is 16.5. The Morgan fingerprint density at radius 2 is 1.84 bits per heavy atom. The molecule has 37 heavy (non-hydrogen) atoms. The molecule has 3 aliphatic rings. The van der Waals surface area contributed by atoms with Gasteiger partial charge in [0.25, 0.3) is 0 Å². The molecule has 2 N–H and O–H groups in total. The number of hydrogen-bond acceptors (Lipinski definition) is 7. The number of hydrogen-bond donors (Lipinski definition) is 2. The second kappa shape index (κ2) is 8.15. The van der Waals surface area contributed by atoms with Gasteiger partial charge in [-0.15, -0.1) is 0 Å².